The highest BCUT2D eigenvalue weighted by Crippen LogP contribution is 2.22. The molecule has 1 rings (SSSR count). The summed E-state index contributed by atoms with van der Waals surface area (Å²) in [6.07, 6.45) is 0. The van der Waals surface area contributed by atoms with Gasteiger partial charge in [0.25, 0.3) is 0 Å². The van der Waals surface area contributed by atoms with Crippen molar-refractivity contribution in [1.29, 1.82) is 5.26 Å². The van der Waals surface area contributed by atoms with Crippen LogP contribution in [0.3, 0.4) is 0 Å². The molecule has 1 atom stereocenters. The standard InChI is InChI=1S/C16H22BrN3O/c1-5-20(10-12(2)9-18)16(21)11-19(4)14-6-7-15(17)13(3)8-14/h6-8,12H,5,10-11H2,1-4H3. The monoisotopic (exact) mass is 351 g/mol. The van der Waals surface area contributed by atoms with Gasteiger partial charge in [0.1, 0.15) is 0 Å². The van der Waals surface area contributed by atoms with Crippen LogP contribution in [-0.4, -0.2) is 37.5 Å². The molecule has 1 aromatic carbocycles. The summed E-state index contributed by atoms with van der Waals surface area (Å²) < 4.78 is 1.06. The third-order valence-electron chi connectivity index (χ3n) is 3.40. The Kier molecular flexibility index (Phi) is 6.70. The van der Waals surface area contributed by atoms with Gasteiger partial charge in [0.15, 0.2) is 0 Å². The summed E-state index contributed by atoms with van der Waals surface area (Å²) in [6.45, 7) is 7.21. The molecule has 0 aliphatic rings. The fraction of sp³-hybridized carbons (Fsp3) is 0.500. The molecule has 0 saturated carbocycles. The number of carbonyl (C=O) groups excluding carboxylic acids is 1. The number of nitriles is 1. The van der Waals surface area contributed by atoms with Crippen molar-refractivity contribution in [3.63, 3.8) is 0 Å². The Morgan fingerprint density at radius 1 is 1.48 bits per heavy atom. The topological polar surface area (TPSA) is 47.3 Å². The zero-order valence-corrected chi connectivity index (χ0v) is 14.6. The number of amides is 1. The van der Waals surface area contributed by atoms with Crippen molar-refractivity contribution >= 4 is 27.5 Å². The summed E-state index contributed by atoms with van der Waals surface area (Å²) in [4.78, 5) is 16.0. The summed E-state index contributed by atoms with van der Waals surface area (Å²) in [5.41, 5.74) is 2.14. The van der Waals surface area contributed by atoms with Crippen molar-refractivity contribution in [2.24, 2.45) is 5.92 Å². The molecule has 114 valence electrons. The minimum atomic E-state index is -0.144. The summed E-state index contributed by atoms with van der Waals surface area (Å²) in [6, 6.07) is 8.19. The number of rotatable bonds is 6. The molecule has 21 heavy (non-hydrogen) atoms. The number of aryl methyl sites for hydroxylation is 1. The van der Waals surface area contributed by atoms with Gasteiger partial charge >= 0.3 is 0 Å². The molecule has 0 radical (unpaired) electrons. The predicted octanol–water partition coefficient (Wildman–Crippen LogP) is 3.20. The zero-order chi connectivity index (χ0) is 16.0. The van der Waals surface area contributed by atoms with E-state index in [1.165, 1.54) is 0 Å². The quantitative estimate of drug-likeness (QED) is 0.790. The van der Waals surface area contributed by atoms with Gasteiger partial charge in [-0.05, 0) is 44.5 Å². The van der Waals surface area contributed by atoms with E-state index in [1.54, 1.807) is 4.90 Å². The van der Waals surface area contributed by atoms with Gasteiger partial charge in [-0.3, -0.25) is 4.79 Å². The van der Waals surface area contributed by atoms with E-state index < -0.39 is 0 Å². The van der Waals surface area contributed by atoms with Gasteiger partial charge < -0.3 is 9.80 Å². The molecule has 0 fully saturated rings. The molecule has 0 aliphatic heterocycles. The lowest BCUT2D eigenvalue weighted by atomic mass is 10.2. The van der Waals surface area contributed by atoms with Crippen LogP contribution in [0.25, 0.3) is 0 Å². The van der Waals surface area contributed by atoms with E-state index in [9.17, 15) is 4.79 Å². The van der Waals surface area contributed by atoms with Crippen LogP contribution in [0.2, 0.25) is 0 Å². The Morgan fingerprint density at radius 2 is 2.14 bits per heavy atom. The number of hydrogen-bond donors (Lipinski definition) is 0. The van der Waals surface area contributed by atoms with Crippen LogP contribution in [0.1, 0.15) is 19.4 Å². The lowest BCUT2D eigenvalue weighted by molar-refractivity contribution is -0.129. The Morgan fingerprint density at radius 3 is 2.67 bits per heavy atom. The van der Waals surface area contributed by atoms with Crippen LogP contribution in [0.4, 0.5) is 5.69 Å². The van der Waals surface area contributed by atoms with Crippen molar-refractivity contribution in [3.8, 4) is 6.07 Å². The molecular formula is C16H22BrN3O. The number of halogens is 1. The molecule has 0 aromatic heterocycles. The van der Waals surface area contributed by atoms with E-state index >= 15 is 0 Å². The van der Waals surface area contributed by atoms with Crippen molar-refractivity contribution in [2.75, 3.05) is 31.6 Å². The molecule has 0 bridgehead atoms. The van der Waals surface area contributed by atoms with E-state index in [1.807, 2.05) is 50.9 Å². The number of likely N-dealkylation sites (N-methyl/N-ethyl adjacent to an activating group) is 2. The van der Waals surface area contributed by atoms with Crippen LogP contribution in [0.5, 0.6) is 0 Å². The lowest BCUT2D eigenvalue weighted by Gasteiger charge is -2.26. The fourth-order valence-electron chi connectivity index (χ4n) is 2.04. The first kappa shape index (κ1) is 17.5. The second-order valence-electron chi connectivity index (χ2n) is 5.25. The predicted molar refractivity (Wildman–Crippen MR) is 89.2 cm³/mol. The van der Waals surface area contributed by atoms with E-state index in [4.69, 9.17) is 5.26 Å². The third-order valence-corrected chi connectivity index (χ3v) is 4.29. The van der Waals surface area contributed by atoms with E-state index in [-0.39, 0.29) is 11.8 Å². The first-order chi connectivity index (χ1) is 9.88. The molecule has 0 saturated heterocycles. The van der Waals surface area contributed by atoms with Gasteiger partial charge in [-0.25, -0.2) is 0 Å². The molecule has 0 spiro atoms. The van der Waals surface area contributed by atoms with Crippen LogP contribution in [0.15, 0.2) is 22.7 Å². The summed E-state index contributed by atoms with van der Waals surface area (Å²) >= 11 is 3.47. The molecule has 0 heterocycles. The minimum Gasteiger partial charge on any atom is -0.365 e. The van der Waals surface area contributed by atoms with Gasteiger partial charge in [-0.2, -0.15) is 5.26 Å². The molecule has 0 N–H and O–H groups in total. The molecule has 1 unspecified atom stereocenters. The van der Waals surface area contributed by atoms with Crippen molar-refractivity contribution < 1.29 is 4.79 Å². The van der Waals surface area contributed by atoms with Gasteiger partial charge in [0.05, 0.1) is 18.5 Å². The van der Waals surface area contributed by atoms with E-state index in [0.29, 0.717) is 19.6 Å². The smallest absolute Gasteiger partial charge is 0.242 e. The molecule has 4 nitrogen and oxygen atoms in total. The van der Waals surface area contributed by atoms with Crippen LogP contribution in [0, 0.1) is 24.2 Å². The zero-order valence-electron chi connectivity index (χ0n) is 13.1. The normalized spacial score (nSPS) is 11.6. The summed E-state index contributed by atoms with van der Waals surface area (Å²) in [5, 5.41) is 8.87. The maximum Gasteiger partial charge on any atom is 0.242 e. The summed E-state index contributed by atoms with van der Waals surface area (Å²) in [7, 11) is 1.90. The maximum atomic E-state index is 12.3. The highest BCUT2D eigenvalue weighted by Gasteiger charge is 2.17. The SMILES string of the molecule is CCN(CC(C)C#N)C(=O)CN(C)c1ccc(Br)c(C)c1. The Bertz CT molecular complexity index is 539. The number of hydrogen-bond acceptors (Lipinski definition) is 3. The molecule has 0 aliphatic carbocycles. The van der Waals surface area contributed by atoms with Crippen LogP contribution in [-0.2, 0) is 4.79 Å². The molecule has 1 amide bonds. The van der Waals surface area contributed by atoms with Gasteiger partial charge in [0, 0.05) is 30.3 Å². The number of carbonyl (C=O) groups is 1. The van der Waals surface area contributed by atoms with E-state index in [0.717, 1.165) is 15.7 Å². The highest BCUT2D eigenvalue weighted by atomic mass is 79.9. The minimum absolute atomic E-state index is 0.0441. The van der Waals surface area contributed by atoms with Crippen LogP contribution >= 0.6 is 15.9 Å². The largest absolute Gasteiger partial charge is 0.365 e. The fourth-order valence-corrected chi connectivity index (χ4v) is 2.29. The maximum absolute atomic E-state index is 12.3. The van der Waals surface area contributed by atoms with Crippen molar-refractivity contribution in [1.82, 2.24) is 4.90 Å². The van der Waals surface area contributed by atoms with Gasteiger partial charge in [-0.1, -0.05) is 15.9 Å². The highest BCUT2D eigenvalue weighted by molar-refractivity contribution is 9.10. The number of nitrogens with zero attached hydrogens (tertiary/aromatic N) is 3. The lowest BCUT2D eigenvalue weighted by Crippen LogP contribution is -2.41. The van der Waals surface area contributed by atoms with E-state index in [2.05, 4.69) is 22.0 Å². The Balaban J connectivity index is 2.72. The number of anilines is 1. The third kappa shape index (κ3) is 5.05. The second-order valence-corrected chi connectivity index (χ2v) is 6.11. The first-order valence-corrected chi connectivity index (χ1v) is 7.83. The average molecular weight is 352 g/mol. The van der Waals surface area contributed by atoms with Crippen molar-refractivity contribution in [2.45, 2.75) is 20.8 Å². The molecule has 5 heteroatoms. The Hall–Kier alpha value is -1.54. The van der Waals surface area contributed by atoms with Crippen molar-refractivity contribution in [3.05, 3.63) is 28.2 Å². The summed E-state index contributed by atoms with van der Waals surface area (Å²) in [5.74, 6) is -0.100. The Labute approximate surface area is 135 Å². The second kappa shape index (κ2) is 8.04. The number of benzene rings is 1. The molecule has 1 aromatic rings. The first-order valence-electron chi connectivity index (χ1n) is 7.03. The van der Waals surface area contributed by atoms with Crippen LogP contribution < -0.4 is 4.90 Å². The van der Waals surface area contributed by atoms with Gasteiger partial charge in [-0.15, -0.1) is 0 Å². The average Bonchev–Trinajstić information content (AvgIpc) is 2.46. The molecular weight excluding hydrogens is 330 g/mol. The van der Waals surface area contributed by atoms with Gasteiger partial charge in [0.2, 0.25) is 5.91 Å².